The van der Waals surface area contributed by atoms with Crippen molar-refractivity contribution in [2.45, 2.75) is 65.8 Å². The number of nitrogens with two attached hydrogens (primary N) is 1. The summed E-state index contributed by atoms with van der Waals surface area (Å²) in [5, 5.41) is 0. The van der Waals surface area contributed by atoms with Crippen LogP contribution in [0.3, 0.4) is 0 Å². The third kappa shape index (κ3) is 4.69. The van der Waals surface area contributed by atoms with E-state index in [4.69, 9.17) is 20.4 Å². The second kappa shape index (κ2) is 9.72. The van der Waals surface area contributed by atoms with Crippen LogP contribution in [-0.2, 0) is 11.3 Å². The molecule has 0 radical (unpaired) electrons. The minimum Gasteiger partial charge on any atom is -0.462 e. The first-order valence-corrected chi connectivity index (χ1v) is 10.8. The van der Waals surface area contributed by atoms with Crippen LogP contribution in [0.15, 0.2) is 24.3 Å². The third-order valence-corrected chi connectivity index (χ3v) is 5.48. The van der Waals surface area contributed by atoms with Gasteiger partial charge in [0.15, 0.2) is 5.65 Å². The molecule has 0 aliphatic heterocycles. The van der Waals surface area contributed by atoms with Gasteiger partial charge in [0.2, 0.25) is 0 Å². The largest absolute Gasteiger partial charge is 0.462 e. The number of ether oxygens (including phenoxy) is 1. The Bertz CT molecular complexity index is 980. The van der Waals surface area contributed by atoms with Gasteiger partial charge in [-0.2, -0.15) is 0 Å². The van der Waals surface area contributed by atoms with Crippen LogP contribution in [0.1, 0.15) is 69.7 Å². The molecule has 1 aromatic carbocycles. The summed E-state index contributed by atoms with van der Waals surface area (Å²) in [7, 11) is 0. The molecule has 0 bridgehead atoms. The Balaban J connectivity index is 1.98. The molecule has 0 aliphatic carbocycles. The smallest absolute Gasteiger partial charge is 0.344 e. The number of aromatic nitrogens is 3. The maximum atomic E-state index is 12.9. The van der Waals surface area contributed by atoms with E-state index < -0.39 is 5.97 Å². The van der Waals surface area contributed by atoms with Crippen molar-refractivity contribution in [3.8, 4) is 0 Å². The molecule has 0 amide bonds. The van der Waals surface area contributed by atoms with Gasteiger partial charge >= 0.3 is 5.97 Å². The Morgan fingerprint density at radius 3 is 2.48 bits per heavy atom. The van der Waals surface area contributed by atoms with E-state index in [1.54, 1.807) is 0 Å². The number of carbonyl (C=O) groups is 1. The standard InChI is InChI=1S/C23H32N4O2/c1-4-6-7-8-11-14-27-21(24)19(23(28)29-15-16(3)5-2)20-22(27)26-18-13-10-9-12-17(18)25-20/h9-10,12-13,16H,4-8,11,14-15,24H2,1-3H3/t16-/m0/s1. The molecule has 6 heteroatoms. The van der Waals surface area contributed by atoms with Crippen molar-refractivity contribution in [2.75, 3.05) is 12.3 Å². The number of carbonyl (C=O) groups excluding carboxylic acids is 1. The highest BCUT2D eigenvalue weighted by Gasteiger charge is 2.25. The molecule has 0 saturated heterocycles. The Morgan fingerprint density at radius 1 is 1.10 bits per heavy atom. The molecule has 0 saturated carbocycles. The molecule has 0 unspecified atom stereocenters. The maximum absolute atomic E-state index is 12.9. The van der Waals surface area contributed by atoms with Gasteiger partial charge in [-0.1, -0.05) is 65.0 Å². The van der Waals surface area contributed by atoms with Crippen molar-refractivity contribution in [2.24, 2.45) is 5.92 Å². The fourth-order valence-electron chi connectivity index (χ4n) is 3.43. The molecule has 3 aromatic rings. The molecule has 156 valence electrons. The average molecular weight is 397 g/mol. The number of rotatable bonds is 10. The molecule has 29 heavy (non-hydrogen) atoms. The molecule has 3 rings (SSSR count). The number of para-hydroxylation sites is 2. The van der Waals surface area contributed by atoms with E-state index in [9.17, 15) is 4.79 Å². The number of aryl methyl sites for hydroxylation is 1. The van der Waals surface area contributed by atoms with Gasteiger partial charge in [-0.15, -0.1) is 0 Å². The van der Waals surface area contributed by atoms with Crippen LogP contribution in [0.4, 0.5) is 5.82 Å². The van der Waals surface area contributed by atoms with E-state index in [-0.39, 0.29) is 0 Å². The Kier molecular flexibility index (Phi) is 7.07. The van der Waals surface area contributed by atoms with Gasteiger partial charge in [-0.05, 0) is 24.5 Å². The fraction of sp³-hybridized carbons (Fsp3) is 0.522. The number of benzene rings is 1. The monoisotopic (exact) mass is 396 g/mol. The SMILES string of the molecule is CCCCCCCn1c(N)c(C(=O)OC[C@@H](C)CC)c2nc3ccccc3nc21. The van der Waals surface area contributed by atoms with E-state index in [1.165, 1.54) is 19.3 Å². The number of anilines is 1. The van der Waals surface area contributed by atoms with Crippen molar-refractivity contribution in [3.63, 3.8) is 0 Å². The van der Waals surface area contributed by atoms with Crippen molar-refractivity contribution in [3.05, 3.63) is 29.8 Å². The molecule has 6 nitrogen and oxygen atoms in total. The first kappa shape index (κ1) is 21.1. The summed E-state index contributed by atoms with van der Waals surface area (Å²) in [5.41, 5.74) is 9.52. The van der Waals surface area contributed by atoms with Gasteiger partial charge in [0.1, 0.15) is 16.9 Å². The highest BCUT2D eigenvalue weighted by atomic mass is 16.5. The van der Waals surface area contributed by atoms with Gasteiger partial charge in [0.25, 0.3) is 0 Å². The minimum absolute atomic E-state index is 0.305. The Morgan fingerprint density at radius 2 is 1.79 bits per heavy atom. The van der Waals surface area contributed by atoms with E-state index >= 15 is 0 Å². The predicted molar refractivity (Wildman–Crippen MR) is 118 cm³/mol. The summed E-state index contributed by atoms with van der Waals surface area (Å²) in [6.07, 6.45) is 6.71. The first-order valence-electron chi connectivity index (χ1n) is 10.8. The summed E-state index contributed by atoms with van der Waals surface area (Å²) in [5.74, 6) is 0.293. The van der Waals surface area contributed by atoms with Gasteiger partial charge in [0.05, 0.1) is 17.6 Å². The Labute approximate surface area is 172 Å². The number of nitrogen functional groups attached to an aromatic ring is 1. The lowest BCUT2D eigenvalue weighted by Crippen LogP contribution is -2.14. The molecule has 0 spiro atoms. The average Bonchev–Trinajstić information content (AvgIpc) is 3.00. The van der Waals surface area contributed by atoms with E-state index in [2.05, 4.69) is 20.8 Å². The van der Waals surface area contributed by atoms with E-state index in [1.807, 2.05) is 28.8 Å². The lowest BCUT2D eigenvalue weighted by atomic mass is 10.1. The van der Waals surface area contributed by atoms with Gasteiger partial charge < -0.3 is 15.0 Å². The summed E-state index contributed by atoms with van der Waals surface area (Å²) in [6, 6.07) is 7.68. The van der Waals surface area contributed by atoms with Gasteiger partial charge in [-0.25, -0.2) is 14.8 Å². The summed E-state index contributed by atoms with van der Waals surface area (Å²) in [6.45, 7) is 7.44. The summed E-state index contributed by atoms with van der Waals surface area (Å²) >= 11 is 0. The van der Waals surface area contributed by atoms with Gasteiger partial charge in [-0.3, -0.25) is 0 Å². The lowest BCUT2D eigenvalue weighted by molar-refractivity contribution is 0.0450. The minimum atomic E-state index is -0.415. The molecule has 2 N–H and O–H groups in total. The topological polar surface area (TPSA) is 83.0 Å². The molecule has 0 fully saturated rings. The molecule has 0 aliphatic rings. The summed E-state index contributed by atoms with van der Waals surface area (Å²) < 4.78 is 7.48. The van der Waals surface area contributed by atoms with Gasteiger partial charge in [0, 0.05) is 6.54 Å². The number of unbranched alkanes of at least 4 members (excludes halogenated alkanes) is 4. The van der Waals surface area contributed by atoms with Crippen molar-refractivity contribution < 1.29 is 9.53 Å². The predicted octanol–water partition coefficient (Wildman–Crippen LogP) is 5.34. The van der Waals surface area contributed by atoms with E-state index in [0.717, 1.165) is 36.8 Å². The second-order valence-corrected chi connectivity index (χ2v) is 7.82. The number of hydrogen-bond acceptors (Lipinski definition) is 5. The van der Waals surface area contributed by atoms with Crippen LogP contribution in [0.2, 0.25) is 0 Å². The van der Waals surface area contributed by atoms with Crippen LogP contribution < -0.4 is 5.73 Å². The molecule has 2 aromatic heterocycles. The number of nitrogens with zero attached hydrogens (tertiary/aromatic N) is 3. The van der Waals surface area contributed by atoms with Crippen molar-refractivity contribution >= 4 is 34.0 Å². The third-order valence-electron chi connectivity index (χ3n) is 5.48. The zero-order valence-corrected chi connectivity index (χ0v) is 17.8. The highest BCUT2D eigenvalue weighted by molar-refractivity contribution is 6.08. The van der Waals surface area contributed by atoms with Crippen LogP contribution in [0, 0.1) is 5.92 Å². The number of fused-ring (bicyclic) bond motifs is 2. The lowest BCUT2D eigenvalue weighted by Gasteiger charge is -2.10. The van der Waals surface area contributed by atoms with Crippen LogP contribution >= 0.6 is 0 Å². The zero-order valence-electron chi connectivity index (χ0n) is 17.8. The summed E-state index contributed by atoms with van der Waals surface area (Å²) in [4.78, 5) is 22.4. The van der Waals surface area contributed by atoms with Crippen LogP contribution in [-0.4, -0.2) is 27.1 Å². The Hall–Kier alpha value is -2.63. The highest BCUT2D eigenvalue weighted by Crippen LogP contribution is 2.29. The number of hydrogen-bond donors (Lipinski definition) is 1. The van der Waals surface area contributed by atoms with Crippen LogP contribution in [0.25, 0.3) is 22.2 Å². The first-order chi connectivity index (χ1) is 14.1. The second-order valence-electron chi connectivity index (χ2n) is 7.82. The molecule has 1 atom stereocenters. The normalized spacial score (nSPS) is 12.5. The van der Waals surface area contributed by atoms with Crippen molar-refractivity contribution in [1.82, 2.24) is 14.5 Å². The molecule has 2 heterocycles. The maximum Gasteiger partial charge on any atom is 0.344 e. The number of esters is 1. The van der Waals surface area contributed by atoms with E-state index in [0.29, 0.717) is 35.1 Å². The quantitative estimate of drug-likeness (QED) is 0.369. The zero-order chi connectivity index (χ0) is 20.8. The fourth-order valence-corrected chi connectivity index (χ4v) is 3.43. The molecular formula is C23H32N4O2. The molecular weight excluding hydrogens is 364 g/mol. The van der Waals surface area contributed by atoms with Crippen LogP contribution in [0.5, 0.6) is 0 Å². The van der Waals surface area contributed by atoms with Crippen molar-refractivity contribution in [1.29, 1.82) is 0 Å².